The Balaban J connectivity index is 1.97. The van der Waals surface area contributed by atoms with Gasteiger partial charge in [-0.2, -0.15) is 0 Å². The van der Waals surface area contributed by atoms with E-state index in [0.29, 0.717) is 22.0 Å². The molecule has 0 heterocycles. The lowest BCUT2D eigenvalue weighted by atomic mass is 10.1. The molecule has 0 fully saturated rings. The summed E-state index contributed by atoms with van der Waals surface area (Å²) < 4.78 is 6.20. The zero-order chi connectivity index (χ0) is 16.1. The second-order valence-electron chi connectivity index (χ2n) is 4.55. The maximum absolute atomic E-state index is 11.9. The van der Waals surface area contributed by atoms with Gasteiger partial charge in [-0.3, -0.25) is 9.59 Å². The molecule has 0 aliphatic heterocycles. The van der Waals surface area contributed by atoms with Crippen molar-refractivity contribution in [2.45, 2.75) is 6.92 Å². The van der Waals surface area contributed by atoms with Crippen LogP contribution in [0.3, 0.4) is 0 Å². The van der Waals surface area contributed by atoms with Crippen LogP contribution in [0.4, 0.5) is 5.69 Å². The first kappa shape index (κ1) is 16.5. The smallest absolute Gasteiger partial charge is 0.262 e. The molecule has 4 nitrogen and oxygen atoms in total. The van der Waals surface area contributed by atoms with Crippen LogP contribution in [0.1, 0.15) is 17.3 Å². The van der Waals surface area contributed by atoms with Crippen LogP contribution < -0.4 is 10.1 Å². The monoisotopic (exact) mass is 381 g/mol. The Morgan fingerprint density at radius 1 is 1.23 bits per heavy atom. The number of ketones is 1. The van der Waals surface area contributed by atoms with Crippen molar-refractivity contribution in [1.82, 2.24) is 0 Å². The van der Waals surface area contributed by atoms with Crippen molar-refractivity contribution in [2.24, 2.45) is 0 Å². The molecule has 0 aromatic heterocycles. The minimum absolute atomic E-state index is 0.0618. The van der Waals surface area contributed by atoms with Gasteiger partial charge < -0.3 is 10.1 Å². The molecule has 2 aromatic rings. The number of anilines is 1. The summed E-state index contributed by atoms with van der Waals surface area (Å²) in [5.74, 6) is 0.0219. The van der Waals surface area contributed by atoms with Crippen LogP contribution in [-0.2, 0) is 4.79 Å². The maximum atomic E-state index is 11.9. The Labute approximate surface area is 141 Å². The minimum Gasteiger partial charge on any atom is -0.482 e. The Morgan fingerprint density at radius 2 is 2.00 bits per heavy atom. The average Bonchev–Trinajstić information content (AvgIpc) is 2.48. The molecule has 22 heavy (non-hydrogen) atoms. The van der Waals surface area contributed by atoms with Crippen molar-refractivity contribution in [3.63, 3.8) is 0 Å². The summed E-state index contributed by atoms with van der Waals surface area (Å²) in [7, 11) is 0. The molecular weight excluding hydrogens is 370 g/mol. The number of rotatable bonds is 5. The Kier molecular flexibility index (Phi) is 5.57. The fraction of sp³-hybridized carbons (Fsp3) is 0.125. The van der Waals surface area contributed by atoms with Gasteiger partial charge in [0.05, 0.1) is 5.02 Å². The van der Waals surface area contributed by atoms with Crippen LogP contribution in [0.5, 0.6) is 5.75 Å². The van der Waals surface area contributed by atoms with Crippen LogP contribution in [0.15, 0.2) is 46.9 Å². The molecule has 0 aliphatic rings. The summed E-state index contributed by atoms with van der Waals surface area (Å²) in [6.07, 6.45) is 0. The van der Waals surface area contributed by atoms with E-state index >= 15 is 0 Å². The number of hydrogen-bond acceptors (Lipinski definition) is 3. The summed E-state index contributed by atoms with van der Waals surface area (Å²) in [5, 5.41) is 3.10. The zero-order valence-electron chi connectivity index (χ0n) is 11.7. The molecule has 0 saturated heterocycles. The molecular formula is C16H13BrClNO3. The van der Waals surface area contributed by atoms with Gasteiger partial charge in [-0.05, 0) is 37.3 Å². The number of benzene rings is 2. The van der Waals surface area contributed by atoms with Gasteiger partial charge in [0.2, 0.25) is 0 Å². The number of halogens is 2. The van der Waals surface area contributed by atoms with Gasteiger partial charge in [0.1, 0.15) is 5.75 Å². The fourth-order valence-corrected chi connectivity index (χ4v) is 2.26. The van der Waals surface area contributed by atoms with Crippen molar-refractivity contribution in [2.75, 3.05) is 11.9 Å². The van der Waals surface area contributed by atoms with E-state index in [1.165, 1.54) is 6.92 Å². The normalized spacial score (nSPS) is 10.1. The van der Waals surface area contributed by atoms with Gasteiger partial charge in [-0.1, -0.05) is 39.7 Å². The van der Waals surface area contributed by atoms with E-state index in [1.807, 2.05) is 0 Å². The largest absolute Gasteiger partial charge is 0.482 e. The number of amides is 1. The van der Waals surface area contributed by atoms with Gasteiger partial charge >= 0.3 is 0 Å². The Hall–Kier alpha value is -1.85. The number of Topliss-reactive ketones (excluding diaryl/α,β-unsaturated/α-hetero) is 1. The molecule has 2 rings (SSSR count). The number of carbonyl (C=O) groups is 2. The van der Waals surface area contributed by atoms with Crippen molar-refractivity contribution in [3.05, 3.63) is 57.5 Å². The molecule has 0 saturated carbocycles. The van der Waals surface area contributed by atoms with Crippen molar-refractivity contribution in [1.29, 1.82) is 0 Å². The van der Waals surface area contributed by atoms with Gasteiger partial charge in [0.25, 0.3) is 5.91 Å². The summed E-state index contributed by atoms with van der Waals surface area (Å²) in [5.41, 5.74) is 1.08. The molecule has 1 N–H and O–H groups in total. The maximum Gasteiger partial charge on any atom is 0.262 e. The highest BCUT2D eigenvalue weighted by molar-refractivity contribution is 9.10. The molecule has 6 heteroatoms. The minimum atomic E-state index is -0.336. The predicted octanol–water partition coefficient (Wildman–Crippen LogP) is 4.32. The number of carbonyl (C=O) groups excluding carboxylic acids is 2. The quantitative estimate of drug-likeness (QED) is 0.783. The highest BCUT2D eigenvalue weighted by atomic mass is 79.9. The number of nitrogens with one attached hydrogen (secondary N) is 1. The number of hydrogen-bond donors (Lipinski definition) is 1. The van der Waals surface area contributed by atoms with Gasteiger partial charge in [0.15, 0.2) is 12.4 Å². The molecule has 0 radical (unpaired) electrons. The van der Waals surface area contributed by atoms with Crippen molar-refractivity contribution < 1.29 is 14.3 Å². The van der Waals surface area contributed by atoms with Crippen LogP contribution >= 0.6 is 27.5 Å². The fourth-order valence-electron chi connectivity index (χ4n) is 1.74. The molecule has 0 bridgehead atoms. The van der Waals surface area contributed by atoms with Gasteiger partial charge in [-0.25, -0.2) is 0 Å². The highest BCUT2D eigenvalue weighted by Gasteiger charge is 2.08. The summed E-state index contributed by atoms with van der Waals surface area (Å²) in [4.78, 5) is 23.2. The molecule has 0 atom stereocenters. The van der Waals surface area contributed by atoms with E-state index < -0.39 is 0 Å². The SMILES string of the molecule is CC(=O)c1cccc(NC(=O)COc2cc(Br)ccc2Cl)c1. The van der Waals surface area contributed by atoms with Crippen LogP contribution in [0.25, 0.3) is 0 Å². The lowest BCUT2D eigenvalue weighted by Gasteiger charge is -2.09. The van der Waals surface area contributed by atoms with Crippen molar-refractivity contribution in [3.8, 4) is 5.75 Å². The topological polar surface area (TPSA) is 55.4 Å². The van der Waals surface area contributed by atoms with E-state index in [1.54, 1.807) is 42.5 Å². The average molecular weight is 383 g/mol. The summed E-state index contributed by atoms with van der Waals surface area (Å²) in [6, 6.07) is 11.9. The van der Waals surface area contributed by atoms with E-state index in [-0.39, 0.29) is 18.3 Å². The van der Waals surface area contributed by atoms with Crippen LogP contribution in [0, 0.1) is 0 Å². The highest BCUT2D eigenvalue weighted by Crippen LogP contribution is 2.27. The standard InChI is InChI=1S/C16H13BrClNO3/c1-10(20)11-3-2-4-13(7-11)19-16(21)9-22-15-8-12(17)5-6-14(15)18/h2-8H,9H2,1H3,(H,19,21). The van der Waals surface area contributed by atoms with Gasteiger partial charge in [0, 0.05) is 15.7 Å². The molecule has 0 aliphatic carbocycles. The molecule has 0 spiro atoms. The van der Waals surface area contributed by atoms with Crippen molar-refractivity contribution >= 4 is 44.9 Å². The third kappa shape index (κ3) is 4.58. The van der Waals surface area contributed by atoms with Crippen LogP contribution in [-0.4, -0.2) is 18.3 Å². The molecule has 2 aromatic carbocycles. The summed E-state index contributed by atoms with van der Waals surface area (Å²) in [6.45, 7) is 1.29. The zero-order valence-corrected chi connectivity index (χ0v) is 14.1. The molecule has 114 valence electrons. The first-order valence-electron chi connectivity index (χ1n) is 6.44. The molecule has 1 amide bonds. The van der Waals surface area contributed by atoms with Gasteiger partial charge in [-0.15, -0.1) is 0 Å². The summed E-state index contributed by atoms with van der Waals surface area (Å²) >= 11 is 9.29. The Bertz CT molecular complexity index is 718. The van der Waals surface area contributed by atoms with E-state index in [2.05, 4.69) is 21.2 Å². The predicted molar refractivity (Wildman–Crippen MR) is 89.7 cm³/mol. The third-order valence-electron chi connectivity index (χ3n) is 2.80. The first-order chi connectivity index (χ1) is 10.5. The lowest BCUT2D eigenvalue weighted by Crippen LogP contribution is -2.20. The Morgan fingerprint density at radius 3 is 2.73 bits per heavy atom. The second-order valence-corrected chi connectivity index (χ2v) is 5.87. The number of ether oxygens (including phenoxy) is 1. The lowest BCUT2D eigenvalue weighted by molar-refractivity contribution is -0.118. The third-order valence-corrected chi connectivity index (χ3v) is 3.61. The second kappa shape index (κ2) is 7.42. The van der Waals surface area contributed by atoms with E-state index in [4.69, 9.17) is 16.3 Å². The van der Waals surface area contributed by atoms with Crippen LogP contribution in [0.2, 0.25) is 5.02 Å². The van der Waals surface area contributed by atoms with E-state index in [9.17, 15) is 9.59 Å². The van der Waals surface area contributed by atoms with E-state index in [0.717, 1.165) is 4.47 Å². The molecule has 0 unspecified atom stereocenters. The first-order valence-corrected chi connectivity index (χ1v) is 7.61.